The smallest absolute Gasteiger partial charge is 0.274 e. The molecule has 5 nitrogen and oxygen atoms in total. The summed E-state index contributed by atoms with van der Waals surface area (Å²) >= 11 is 0. The van der Waals surface area contributed by atoms with E-state index in [4.69, 9.17) is 4.74 Å². The molecule has 0 saturated heterocycles. The van der Waals surface area contributed by atoms with Gasteiger partial charge in [-0.15, -0.1) is 0 Å². The van der Waals surface area contributed by atoms with E-state index in [1.54, 1.807) is 38.6 Å². The highest BCUT2D eigenvalue weighted by Gasteiger charge is 2.20. The van der Waals surface area contributed by atoms with E-state index < -0.39 is 0 Å². The average Bonchev–Trinajstić information content (AvgIpc) is 2.44. The van der Waals surface area contributed by atoms with Crippen molar-refractivity contribution in [2.45, 2.75) is 20.0 Å². The molecule has 0 fully saturated rings. The number of aromatic nitrogens is 1. The SMILES string of the molecule is C=C(OC(C)C)N(C)C(=C)C(=O)N(C)c1cccnc1. The zero-order valence-electron chi connectivity index (χ0n) is 12.5. The number of likely N-dealkylation sites (N-methyl/N-ethyl adjacent to an activating group) is 2. The molecule has 0 atom stereocenters. The first-order chi connectivity index (χ1) is 9.34. The van der Waals surface area contributed by atoms with Gasteiger partial charge >= 0.3 is 0 Å². The van der Waals surface area contributed by atoms with Crippen LogP contribution in [0.5, 0.6) is 0 Å². The van der Waals surface area contributed by atoms with Crippen LogP contribution in [0, 0.1) is 0 Å². The fourth-order valence-corrected chi connectivity index (χ4v) is 1.51. The summed E-state index contributed by atoms with van der Waals surface area (Å²) in [6, 6.07) is 3.57. The van der Waals surface area contributed by atoms with Gasteiger partial charge in [0, 0.05) is 20.3 Å². The molecule has 0 radical (unpaired) electrons. The van der Waals surface area contributed by atoms with E-state index in [-0.39, 0.29) is 17.7 Å². The highest BCUT2D eigenvalue weighted by atomic mass is 16.5. The van der Waals surface area contributed by atoms with Crippen LogP contribution in [0.2, 0.25) is 0 Å². The van der Waals surface area contributed by atoms with Crippen LogP contribution in [-0.4, -0.2) is 36.0 Å². The standard InChI is InChI=1S/C15H21N3O2/c1-11(2)20-13(4)17(5)12(3)15(19)18(6)14-8-7-9-16-10-14/h7-11H,3-4H2,1-2,5-6H3. The lowest BCUT2D eigenvalue weighted by Crippen LogP contribution is -2.34. The first kappa shape index (κ1) is 15.8. The van der Waals surface area contributed by atoms with Gasteiger partial charge in [0.25, 0.3) is 5.91 Å². The molecule has 0 aliphatic heterocycles. The Hall–Kier alpha value is -2.30. The van der Waals surface area contributed by atoms with E-state index in [1.807, 2.05) is 13.8 Å². The molecule has 108 valence electrons. The third-order valence-corrected chi connectivity index (χ3v) is 2.74. The lowest BCUT2D eigenvalue weighted by atomic mass is 10.3. The maximum Gasteiger partial charge on any atom is 0.274 e. The second-order valence-electron chi connectivity index (χ2n) is 4.64. The molecule has 0 bridgehead atoms. The zero-order chi connectivity index (χ0) is 15.3. The molecule has 0 aliphatic carbocycles. The Morgan fingerprint density at radius 2 is 2.00 bits per heavy atom. The Bertz CT molecular complexity index is 497. The minimum Gasteiger partial charge on any atom is -0.477 e. The fourth-order valence-electron chi connectivity index (χ4n) is 1.51. The summed E-state index contributed by atoms with van der Waals surface area (Å²) in [6.07, 6.45) is 3.26. The second-order valence-corrected chi connectivity index (χ2v) is 4.64. The van der Waals surface area contributed by atoms with Crippen LogP contribution < -0.4 is 4.90 Å². The predicted molar refractivity (Wildman–Crippen MR) is 79.9 cm³/mol. The van der Waals surface area contributed by atoms with E-state index in [0.29, 0.717) is 11.6 Å². The molecule has 1 aromatic rings. The van der Waals surface area contributed by atoms with Crippen molar-refractivity contribution >= 4 is 11.6 Å². The second kappa shape index (κ2) is 6.75. The molecule has 0 aliphatic rings. The lowest BCUT2D eigenvalue weighted by molar-refractivity contribution is -0.116. The van der Waals surface area contributed by atoms with Crippen LogP contribution in [0.25, 0.3) is 0 Å². The van der Waals surface area contributed by atoms with Crippen molar-refractivity contribution in [2.24, 2.45) is 0 Å². The first-order valence-corrected chi connectivity index (χ1v) is 6.31. The molecule has 1 rings (SSSR count). The minimum atomic E-state index is -0.242. The van der Waals surface area contributed by atoms with Gasteiger partial charge in [-0.1, -0.05) is 6.58 Å². The van der Waals surface area contributed by atoms with Crippen LogP contribution >= 0.6 is 0 Å². The number of nitrogens with zero attached hydrogens (tertiary/aromatic N) is 3. The molecule has 0 N–H and O–H groups in total. The third-order valence-electron chi connectivity index (χ3n) is 2.74. The van der Waals surface area contributed by atoms with Crippen LogP contribution in [0.1, 0.15) is 13.8 Å². The topological polar surface area (TPSA) is 45.7 Å². The number of anilines is 1. The van der Waals surface area contributed by atoms with Crippen molar-refractivity contribution in [1.82, 2.24) is 9.88 Å². The maximum atomic E-state index is 12.3. The Morgan fingerprint density at radius 1 is 1.35 bits per heavy atom. The molecule has 1 amide bonds. The van der Waals surface area contributed by atoms with Crippen LogP contribution in [0.15, 0.2) is 49.3 Å². The molecular weight excluding hydrogens is 254 g/mol. The molecule has 0 spiro atoms. The van der Waals surface area contributed by atoms with Gasteiger partial charge in [0.15, 0.2) is 5.88 Å². The number of carbonyl (C=O) groups excluding carboxylic acids is 1. The number of carbonyl (C=O) groups is 1. The summed E-state index contributed by atoms with van der Waals surface area (Å²) in [6.45, 7) is 11.4. The van der Waals surface area contributed by atoms with E-state index in [2.05, 4.69) is 18.1 Å². The number of hydrogen-bond donors (Lipinski definition) is 0. The summed E-state index contributed by atoms with van der Waals surface area (Å²) in [5.41, 5.74) is 0.976. The third kappa shape index (κ3) is 3.85. The number of ether oxygens (including phenoxy) is 1. The summed E-state index contributed by atoms with van der Waals surface area (Å²) in [5.74, 6) is 0.145. The molecule has 5 heteroatoms. The molecule has 0 aromatic carbocycles. The van der Waals surface area contributed by atoms with E-state index in [9.17, 15) is 4.79 Å². The Kier molecular flexibility index (Phi) is 5.32. The Morgan fingerprint density at radius 3 is 2.50 bits per heavy atom. The molecule has 1 aromatic heterocycles. The molecular formula is C15H21N3O2. The van der Waals surface area contributed by atoms with Crippen molar-refractivity contribution in [3.05, 3.63) is 49.3 Å². The summed E-state index contributed by atoms with van der Waals surface area (Å²) in [7, 11) is 3.37. The normalized spacial score (nSPS) is 10.1. The number of amides is 1. The van der Waals surface area contributed by atoms with Gasteiger partial charge in [0.2, 0.25) is 0 Å². The van der Waals surface area contributed by atoms with Gasteiger partial charge in [-0.25, -0.2) is 0 Å². The highest BCUT2D eigenvalue weighted by molar-refractivity contribution is 6.04. The van der Waals surface area contributed by atoms with E-state index in [1.165, 1.54) is 9.80 Å². The van der Waals surface area contributed by atoms with Gasteiger partial charge in [0.05, 0.1) is 18.0 Å². The minimum absolute atomic E-state index is 0.0103. The molecule has 0 saturated carbocycles. The molecule has 0 unspecified atom stereocenters. The van der Waals surface area contributed by atoms with Gasteiger partial charge in [0.1, 0.15) is 5.70 Å². The van der Waals surface area contributed by atoms with E-state index in [0.717, 1.165) is 0 Å². The van der Waals surface area contributed by atoms with Gasteiger partial charge in [-0.05, 0) is 32.6 Å². The highest BCUT2D eigenvalue weighted by Crippen LogP contribution is 2.16. The monoisotopic (exact) mass is 275 g/mol. The quantitative estimate of drug-likeness (QED) is 0.590. The average molecular weight is 275 g/mol. The van der Waals surface area contributed by atoms with Crippen molar-refractivity contribution in [3.8, 4) is 0 Å². The fraction of sp³-hybridized carbons (Fsp3) is 0.333. The van der Waals surface area contributed by atoms with Crippen LogP contribution in [-0.2, 0) is 9.53 Å². The number of rotatable bonds is 6. The molecule has 1 heterocycles. The molecule has 20 heavy (non-hydrogen) atoms. The summed E-state index contributed by atoms with van der Waals surface area (Å²) in [5, 5.41) is 0. The van der Waals surface area contributed by atoms with Gasteiger partial charge in [-0.2, -0.15) is 0 Å². The van der Waals surface area contributed by atoms with Crippen molar-refractivity contribution in [3.63, 3.8) is 0 Å². The Balaban J connectivity index is 2.76. The maximum absolute atomic E-state index is 12.3. The number of hydrogen-bond acceptors (Lipinski definition) is 4. The van der Waals surface area contributed by atoms with Crippen LogP contribution in [0.4, 0.5) is 5.69 Å². The lowest BCUT2D eigenvalue weighted by Gasteiger charge is -2.27. The van der Waals surface area contributed by atoms with Gasteiger partial charge < -0.3 is 14.5 Å². The van der Waals surface area contributed by atoms with Crippen molar-refractivity contribution in [1.29, 1.82) is 0 Å². The summed E-state index contributed by atoms with van der Waals surface area (Å²) in [4.78, 5) is 19.3. The van der Waals surface area contributed by atoms with Crippen molar-refractivity contribution in [2.75, 3.05) is 19.0 Å². The Labute approximate surface area is 120 Å². The van der Waals surface area contributed by atoms with Gasteiger partial charge in [-0.3, -0.25) is 9.78 Å². The first-order valence-electron chi connectivity index (χ1n) is 6.31. The summed E-state index contributed by atoms with van der Waals surface area (Å²) < 4.78 is 5.46. The number of pyridine rings is 1. The predicted octanol–water partition coefficient (Wildman–Crippen LogP) is 2.39. The zero-order valence-corrected chi connectivity index (χ0v) is 12.5. The van der Waals surface area contributed by atoms with Crippen molar-refractivity contribution < 1.29 is 9.53 Å². The largest absolute Gasteiger partial charge is 0.477 e. The van der Waals surface area contributed by atoms with E-state index >= 15 is 0 Å². The van der Waals surface area contributed by atoms with Crippen LogP contribution in [0.3, 0.4) is 0 Å².